The molecule has 1 heterocycles. The van der Waals surface area contributed by atoms with Crippen molar-refractivity contribution >= 4 is 17.3 Å². The Hall–Kier alpha value is -3.02. The highest BCUT2D eigenvalue weighted by Crippen LogP contribution is 2.32. The third kappa shape index (κ3) is 2.85. The lowest BCUT2D eigenvalue weighted by atomic mass is 10.1. The van der Waals surface area contributed by atoms with E-state index < -0.39 is 0 Å². The fourth-order valence-electron chi connectivity index (χ4n) is 2.02. The van der Waals surface area contributed by atoms with Crippen LogP contribution in [-0.2, 0) is 0 Å². The van der Waals surface area contributed by atoms with Gasteiger partial charge >= 0.3 is 0 Å². The molecule has 6 heteroatoms. The first-order chi connectivity index (χ1) is 10.6. The molecule has 0 saturated heterocycles. The van der Waals surface area contributed by atoms with Crippen molar-refractivity contribution in [2.75, 3.05) is 12.5 Å². The smallest absolute Gasteiger partial charge is 0.271 e. The number of fused-ring (bicyclic) bond motifs is 1. The van der Waals surface area contributed by atoms with Gasteiger partial charge in [-0.1, -0.05) is 0 Å². The summed E-state index contributed by atoms with van der Waals surface area (Å²) in [5.41, 5.74) is 10.7. The molecule has 3 N–H and O–H groups in total. The van der Waals surface area contributed by atoms with Gasteiger partial charge in [-0.05, 0) is 49.4 Å². The monoisotopic (exact) mass is 297 g/mol. The normalized spacial score (nSPS) is 13.0. The largest absolute Gasteiger partial charge is 0.454 e. The maximum Gasteiger partial charge on any atom is 0.271 e. The van der Waals surface area contributed by atoms with Gasteiger partial charge in [0.25, 0.3) is 5.91 Å². The van der Waals surface area contributed by atoms with E-state index in [-0.39, 0.29) is 12.7 Å². The molecule has 0 unspecified atom stereocenters. The van der Waals surface area contributed by atoms with E-state index in [9.17, 15) is 4.79 Å². The van der Waals surface area contributed by atoms with Crippen molar-refractivity contribution in [1.29, 1.82) is 0 Å². The average molecular weight is 297 g/mol. The maximum absolute atomic E-state index is 12.0. The minimum absolute atomic E-state index is 0.225. The molecule has 0 spiro atoms. The van der Waals surface area contributed by atoms with E-state index in [1.54, 1.807) is 31.2 Å². The number of amides is 1. The molecule has 0 aromatic heterocycles. The van der Waals surface area contributed by atoms with Gasteiger partial charge in [-0.25, -0.2) is 5.43 Å². The molecule has 112 valence electrons. The SMILES string of the molecule is C/C(=N\NC(=O)c1ccc(N)cc1)c1ccc2c(c1)OCO2. The number of hydrazone groups is 1. The first-order valence-corrected chi connectivity index (χ1v) is 6.74. The lowest BCUT2D eigenvalue weighted by molar-refractivity contribution is 0.0955. The van der Waals surface area contributed by atoms with Gasteiger partial charge in [0.2, 0.25) is 6.79 Å². The first-order valence-electron chi connectivity index (χ1n) is 6.74. The van der Waals surface area contributed by atoms with Crippen LogP contribution in [-0.4, -0.2) is 18.4 Å². The van der Waals surface area contributed by atoms with Gasteiger partial charge in [-0.3, -0.25) is 4.79 Å². The molecule has 22 heavy (non-hydrogen) atoms. The van der Waals surface area contributed by atoms with E-state index in [0.29, 0.717) is 28.5 Å². The molecule has 2 aromatic carbocycles. The van der Waals surface area contributed by atoms with Crippen LogP contribution in [0.4, 0.5) is 5.69 Å². The molecule has 0 fully saturated rings. The average Bonchev–Trinajstić information content (AvgIpc) is 3.00. The Balaban J connectivity index is 1.72. The van der Waals surface area contributed by atoms with Gasteiger partial charge in [0.15, 0.2) is 11.5 Å². The number of nitrogens with zero attached hydrogens (tertiary/aromatic N) is 1. The molecule has 6 nitrogen and oxygen atoms in total. The predicted molar refractivity (Wildman–Crippen MR) is 83.1 cm³/mol. The van der Waals surface area contributed by atoms with Crippen LogP contribution in [0.15, 0.2) is 47.6 Å². The number of nitrogens with two attached hydrogens (primary N) is 1. The summed E-state index contributed by atoms with van der Waals surface area (Å²) in [6.45, 7) is 2.03. The Morgan fingerprint density at radius 1 is 1.09 bits per heavy atom. The van der Waals surface area contributed by atoms with Crippen LogP contribution in [0.2, 0.25) is 0 Å². The lowest BCUT2D eigenvalue weighted by Gasteiger charge is -2.04. The second kappa shape index (κ2) is 5.77. The zero-order chi connectivity index (χ0) is 15.5. The highest BCUT2D eigenvalue weighted by Gasteiger charge is 2.14. The Morgan fingerprint density at radius 3 is 2.55 bits per heavy atom. The summed E-state index contributed by atoms with van der Waals surface area (Å²) >= 11 is 0. The molecular weight excluding hydrogens is 282 g/mol. The number of ether oxygens (including phenoxy) is 2. The Morgan fingerprint density at radius 2 is 1.77 bits per heavy atom. The van der Waals surface area contributed by atoms with Crippen LogP contribution in [0.3, 0.4) is 0 Å². The minimum Gasteiger partial charge on any atom is -0.454 e. The summed E-state index contributed by atoms with van der Waals surface area (Å²) in [7, 11) is 0. The van der Waals surface area contributed by atoms with Crippen molar-refractivity contribution in [3.63, 3.8) is 0 Å². The lowest BCUT2D eigenvalue weighted by Crippen LogP contribution is -2.19. The van der Waals surface area contributed by atoms with Crippen LogP contribution in [0.25, 0.3) is 0 Å². The Bertz CT molecular complexity index is 739. The van der Waals surface area contributed by atoms with Crippen molar-refractivity contribution in [3.05, 3.63) is 53.6 Å². The summed E-state index contributed by atoms with van der Waals surface area (Å²) in [6.07, 6.45) is 0. The standard InChI is InChI=1S/C16H15N3O3/c1-10(12-4-7-14-15(8-12)22-9-21-14)18-19-16(20)11-2-5-13(17)6-3-11/h2-8H,9,17H2,1H3,(H,19,20)/b18-10+. The molecule has 2 aromatic rings. The van der Waals surface area contributed by atoms with Gasteiger partial charge in [-0.15, -0.1) is 0 Å². The number of hydrogen-bond donors (Lipinski definition) is 2. The summed E-state index contributed by atoms with van der Waals surface area (Å²) in [6, 6.07) is 12.1. The molecule has 0 atom stereocenters. The van der Waals surface area contributed by atoms with Crippen molar-refractivity contribution in [2.24, 2.45) is 5.10 Å². The van der Waals surface area contributed by atoms with Gasteiger partial charge in [0, 0.05) is 16.8 Å². The first kappa shape index (κ1) is 13.9. The number of carbonyl (C=O) groups is 1. The van der Waals surface area contributed by atoms with Crippen molar-refractivity contribution in [2.45, 2.75) is 6.92 Å². The Kier molecular flexibility index (Phi) is 3.65. The van der Waals surface area contributed by atoms with Crippen LogP contribution in [0, 0.1) is 0 Å². The quantitative estimate of drug-likeness (QED) is 0.516. The van der Waals surface area contributed by atoms with E-state index in [0.717, 1.165) is 5.56 Å². The summed E-state index contributed by atoms with van der Waals surface area (Å²) < 4.78 is 10.6. The molecule has 0 bridgehead atoms. The minimum atomic E-state index is -0.292. The van der Waals surface area contributed by atoms with E-state index >= 15 is 0 Å². The zero-order valence-electron chi connectivity index (χ0n) is 12.0. The van der Waals surface area contributed by atoms with Crippen molar-refractivity contribution < 1.29 is 14.3 Å². The molecule has 0 aliphatic carbocycles. The molecular formula is C16H15N3O3. The summed E-state index contributed by atoms with van der Waals surface area (Å²) in [4.78, 5) is 12.0. The predicted octanol–water partition coefficient (Wildman–Crippen LogP) is 2.15. The topological polar surface area (TPSA) is 85.9 Å². The molecule has 0 radical (unpaired) electrons. The molecule has 1 aliphatic heterocycles. The molecule has 1 amide bonds. The van der Waals surface area contributed by atoms with Crippen LogP contribution < -0.4 is 20.6 Å². The fraction of sp³-hybridized carbons (Fsp3) is 0.125. The van der Waals surface area contributed by atoms with Gasteiger partial charge in [-0.2, -0.15) is 5.10 Å². The van der Waals surface area contributed by atoms with Gasteiger partial charge in [0.1, 0.15) is 0 Å². The number of anilines is 1. The Labute approximate surface area is 127 Å². The zero-order valence-corrected chi connectivity index (χ0v) is 12.0. The number of nitrogen functional groups attached to an aromatic ring is 1. The van der Waals surface area contributed by atoms with Crippen LogP contribution in [0.1, 0.15) is 22.8 Å². The van der Waals surface area contributed by atoms with E-state index in [4.69, 9.17) is 15.2 Å². The van der Waals surface area contributed by atoms with Crippen LogP contribution in [0.5, 0.6) is 11.5 Å². The highest BCUT2D eigenvalue weighted by atomic mass is 16.7. The summed E-state index contributed by atoms with van der Waals surface area (Å²) in [5.74, 6) is 1.10. The fourth-order valence-corrected chi connectivity index (χ4v) is 2.02. The highest BCUT2D eigenvalue weighted by molar-refractivity contribution is 6.01. The number of carbonyl (C=O) groups excluding carboxylic acids is 1. The van der Waals surface area contributed by atoms with E-state index in [2.05, 4.69) is 10.5 Å². The number of hydrogen-bond acceptors (Lipinski definition) is 5. The number of rotatable bonds is 3. The van der Waals surface area contributed by atoms with Crippen LogP contribution >= 0.6 is 0 Å². The van der Waals surface area contributed by atoms with Crippen molar-refractivity contribution in [3.8, 4) is 11.5 Å². The van der Waals surface area contributed by atoms with Gasteiger partial charge < -0.3 is 15.2 Å². The molecule has 3 rings (SSSR count). The molecule has 0 saturated carbocycles. The van der Waals surface area contributed by atoms with Crippen molar-refractivity contribution in [1.82, 2.24) is 5.43 Å². The number of benzene rings is 2. The van der Waals surface area contributed by atoms with E-state index in [1.807, 2.05) is 18.2 Å². The third-order valence-electron chi connectivity index (χ3n) is 3.29. The second-order valence-electron chi connectivity index (χ2n) is 4.83. The van der Waals surface area contributed by atoms with Gasteiger partial charge in [0.05, 0.1) is 5.71 Å². The summed E-state index contributed by atoms with van der Waals surface area (Å²) in [5, 5.41) is 4.11. The van der Waals surface area contributed by atoms with E-state index in [1.165, 1.54) is 0 Å². The maximum atomic E-state index is 12.0. The third-order valence-corrected chi connectivity index (χ3v) is 3.29. The molecule has 1 aliphatic rings. The second-order valence-corrected chi connectivity index (χ2v) is 4.83. The number of nitrogens with one attached hydrogen (secondary N) is 1.